The second kappa shape index (κ2) is 8.02. The fourth-order valence-electron chi connectivity index (χ4n) is 2.18. The largest absolute Gasteiger partial charge is 0.380 e. The van der Waals surface area contributed by atoms with E-state index in [1.165, 1.54) is 12.5 Å². The lowest BCUT2D eigenvalue weighted by Gasteiger charge is -2.08. The molecule has 3 nitrogen and oxygen atoms in total. The van der Waals surface area contributed by atoms with Gasteiger partial charge in [-0.25, -0.2) is 4.39 Å². The third kappa shape index (κ3) is 4.32. The molecule has 1 N–H and O–H groups in total. The first-order valence-corrected chi connectivity index (χ1v) is 7.34. The highest BCUT2D eigenvalue weighted by molar-refractivity contribution is 5.80. The predicted molar refractivity (Wildman–Crippen MR) is 80.5 cm³/mol. The molecule has 0 unspecified atom stereocenters. The minimum Gasteiger partial charge on any atom is -0.380 e. The maximum absolute atomic E-state index is 13.1. The number of hydrogen-bond acceptors (Lipinski definition) is 2. The fraction of sp³-hybridized carbons (Fsp3) is 0.500. The van der Waals surface area contributed by atoms with Gasteiger partial charge in [-0.3, -0.25) is 0 Å². The summed E-state index contributed by atoms with van der Waals surface area (Å²) >= 11 is 0. The van der Waals surface area contributed by atoms with Gasteiger partial charge in [0.15, 0.2) is 0 Å². The summed E-state index contributed by atoms with van der Waals surface area (Å²) in [4.78, 5) is 0. The lowest BCUT2D eigenvalue weighted by atomic mass is 10.2. The zero-order chi connectivity index (χ0) is 14.2. The highest BCUT2D eigenvalue weighted by Gasteiger charge is 2.01. The number of halogens is 1. The third-order valence-corrected chi connectivity index (χ3v) is 3.33. The van der Waals surface area contributed by atoms with Gasteiger partial charge in [-0.15, -0.1) is 0 Å². The van der Waals surface area contributed by atoms with E-state index < -0.39 is 0 Å². The van der Waals surface area contributed by atoms with E-state index in [-0.39, 0.29) is 5.82 Å². The standard InChI is InChI=1S/C16H23FN2O/c1-2-3-11-20-12-8-18-7-10-19-9-6-14-13-15(17)4-5-16(14)19/h4-6,9,13,18H,2-3,7-8,10-12H2,1H3. The number of unbranched alkanes of at least 4 members (excludes halogenated alkanes) is 1. The van der Waals surface area contributed by atoms with Gasteiger partial charge in [0.25, 0.3) is 0 Å². The minimum atomic E-state index is -0.183. The van der Waals surface area contributed by atoms with Crippen LogP contribution in [0.4, 0.5) is 4.39 Å². The molecule has 110 valence electrons. The topological polar surface area (TPSA) is 26.2 Å². The van der Waals surface area contributed by atoms with Crippen molar-refractivity contribution >= 4 is 10.9 Å². The Morgan fingerprint density at radius 1 is 1.20 bits per heavy atom. The van der Waals surface area contributed by atoms with E-state index in [1.54, 1.807) is 6.07 Å². The summed E-state index contributed by atoms with van der Waals surface area (Å²) in [7, 11) is 0. The average Bonchev–Trinajstić information content (AvgIpc) is 2.84. The molecule has 1 heterocycles. The van der Waals surface area contributed by atoms with Crippen LogP contribution in [-0.2, 0) is 11.3 Å². The molecule has 0 aliphatic heterocycles. The summed E-state index contributed by atoms with van der Waals surface area (Å²) < 4.78 is 20.7. The van der Waals surface area contributed by atoms with Crippen LogP contribution in [0, 0.1) is 5.82 Å². The highest BCUT2D eigenvalue weighted by atomic mass is 19.1. The molecular formula is C16H23FN2O. The van der Waals surface area contributed by atoms with Crippen molar-refractivity contribution in [3.8, 4) is 0 Å². The van der Waals surface area contributed by atoms with Gasteiger partial charge in [0.05, 0.1) is 6.61 Å². The number of ether oxygens (including phenoxy) is 1. The SMILES string of the molecule is CCCCOCCNCCn1ccc2cc(F)ccc21. The molecule has 0 radical (unpaired) electrons. The van der Waals surface area contributed by atoms with E-state index in [1.807, 2.05) is 18.3 Å². The van der Waals surface area contributed by atoms with Crippen LogP contribution in [-0.4, -0.2) is 30.9 Å². The molecule has 1 aromatic carbocycles. The Kier molecular flexibility index (Phi) is 6.02. The summed E-state index contributed by atoms with van der Waals surface area (Å²) in [5.41, 5.74) is 1.08. The quantitative estimate of drug-likeness (QED) is 0.713. The van der Waals surface area contributed by atoms with Crippen molar-refractivity contribution < 1.29 is 9.13 Å². The molecule has 2 rings (SSSR count). The molecule has 0 amide bonds. The molecule has 0 saturated carbocycles. The normalized spacial score (nSPS) is 11.3. The minimum absolute atomic E-state index is 0.183. The number of nitrogens with zero attached hydrogens (tertiary/aromatic N) is 1. The number of nitrogens with one attached hydrogen (secondary N) is 1. The van der Waals surface area contributed by atoms with Crippen LogP contribution >= 0.6 is 0 Å². The smallest absolute Gasteiger partial charge is 0.123 e. The molecule has 0 saturated heterocycles. The van der Waals surface area contributed by atoms with Crippen LogP contribution in [0.2, 0.25) is 0 Å². The summed E-state index contributed by atoms with van der Waals surface area (Å²) in [6.07, 6.45) is 4.31. The molecule has 0 aliphatic carbocycles. The first kappa shape index (κ1) is 15.0. The first-order valence-electron chi connectivity index (χ1n) is 7.34. The van der Waals surface area contributed by atoms with Gasteiger partial charge in [-0.1, -0.05) is 13.3 Å². The molecule has 20 heavy (non-hydrogen) atoms. The summed E-state index contributed by atoms with van der Waals surface area (Å²) in [6.45, 7) is 6.42. The lowest BCUT2D eigenvalue weighted by molar-refractivity contribution is 0.133. The maximum atomic E-state index is 13.1. The van der Waals surface area contributed by atoms with Crippen molar-refractivity contribution in [2.45, 2.75) is 26.3 Å². The number of fused-ring (bicyclic) bond motifs is 1. The zero-order valence-corrected chi connectivity index (χ0v) is 12.1. The Hall–Kier alpha value is -1.39. The van der Waals surface area contributed by atoms with Crippen molar-refractivity contribution in [1.82, 2.24) is 9.88 Å². The van der Waals surface area contributed by atoms with Gasteiger partial charge in [-0.2, -0.15) is 0 Å². The number of rotatable bonds is 9. The van der Waals surface area contributed by atoms with Crippen LogP contribution in [0.5, 0.6) is 0 Å². The molecule has 0 fully saturated rings. The van der Waals surface area contributed by atoms with Gasteiger partial charge < -0.3 is 14.6 Å². The molecule has 0 spiro atoms. The van der Waals surface area contributed by atoms with Crippen LogP contribution in [0.25, 0.3) is 10.9 Å². The summed E-state index contributed by atoms with van der Waals surface area (Å²) in [5, 5.41) is 4.31. The highest BCUT2D eigenvalue weighted by Crippen LogP contribution is 2.16. The van der Waals surface area contributed by atoms with Gasteiger partial charge in [0.2, 0.25) is 0 Å². The monoisotopic (exact) mass is 278 g/mol. The number of benzene rings is 1. The van der Waals surface area contributed by atoms with E-state index in [0.717, 1.165) is 50.2 Å². The van der Waals surface area contributed by atoms with E-state index in [0.29, 0.717) is 0 Å². The molecule has 0 atom stereocenters. The van der Waals surface area contributed by atoms with Crippen molar-refractivity contribution in [3.63, 3.8) is 0 Å². The van der Waals surface area contributed by atoms with Crippen molar-refractivity contribution in [3.05, 3.63) is 36.3 Å². The van der Waals surface area contributed by atoms with Crippen LogP contribution in [0.3, 0.4) is 0 Å². The Morgan fingerprint density at radius 2 is 2.10 bits per heavy atom. The van der Waals surface area contributed by atoms with E-state index >= 15 is 0 Å². The maximum Gasteiger partial charge on any atom is 0.123 e. The van der Waals surface area contributed by atoms with E-state index in [4.69, 9.17) is 4.74 Å². The van der Waals surface area contributed by atoms with E-state index in [9.17, 15) is 4.39 Å². The second-order valence-corrected chi connectivity index (χ2v) is 4.93. The lowest BCUT2D eigenvalue weighted by Crippen LogP contribution is -2.24. The molecular weight excluding hydrogens is 255 g/mol. The number of hydrogen-bond donors (Lipinski definition) is 1. The predicted octanol–water partition coefficient (Wildman–Crippen LogP) is 3.19. The van der Waals surface area contributed by atoms with Gasteiger partial charge in [0, 0.05) is 43.3 Å². The Balaban J connectivity index is 1.68. The van der Waals surface area contributed by atoms with Crippen molar-refractivity contribution in [2.24, 2.45) is 0 Å². The Bertz CT molecular complexity index is 524. The molecule has 1 aromatic heterocycles. The molecule has 0 bridgehead atoms. The Morgan fingerprint density at radius 3 is 2.95 bits per heavy atom. The molecule has 0 aliphatic rings. The van der Waals surface area contributed by atoms with Crippen LogP contribution < -0.4 is 5.32 Å². The van der Waals surface area contributed by atoms with E-state index in [2.05, 4.69) is 16.8 Å². The fourth-order valence-corrected chi connectivity index (χ4v) is 2.18. The van der Waals surface area contributed by atoms with Crippen LogP contribution in [0.1, 0.15) is 19.8 Å². The van der Waals surface area contributed by atoms with Gasteiger partial charge in [-0.05, 0) is 30.7 Å². The van der Waals surface area contributed by atoms with Crippen molar-refractivity contribution in [1.29, 1.82) is 0 Å². The average molecular weight is 278 g/mol. The molecule has 2 aromatic rings. The van der Waals surface area contributed by atoms with Gasteiger partial charge >= 0.3 is 0 Å². The van der Waals surface area contributed by atoms with Crippen LogP contribution in [0.15, 0.2) is 30.5 Å². The molecule has 4 heteroatoms. The second-order valence-electron chi connectivity index (χ2n) is 4.93. The summed E-state index contributed by atoms with van der Waals surface area (Å²) in [5.74, 6) is -0.183. The van der Waals surface area contributed by atoms with Gasteiger partial charge in [0.1, 0.15) is 5.82 Å². The number of aromatic nitrogens is 1. The first-order chi connectivity index (χ1) is 9.81. The summed E-state index contributed by atoms with van der Waals surface area (Å²) in [6, 6.07) is 6.86. The zero-order valence-electron chi connectivity index (χ0n) is 12.1. The Labute approximate surface area is 119 Å². The third-order valence-electron chi connectivity index (χ3n) is 3.33. The van der Waals surface area contributed by atoms with Crippen molar-refractivity contribution in [2.75, 3.05) is 26.3 Å².